The molecule has 0 rings (SSSR count). The van der Waals surface area contributed by atoms with E-state index in [9.17, 15) is 0 Å². The zero-order chi connectivity index (χ0) is 9.23. The Labute approximate surface area is 69.8 Å². The summed E-state index contributed by atoms with van der Waals surface area (Å²) in [7, 11) is 0. The Hall–Kier alpha value is -0.690. The second kappa shape index (κ2) is 9.31. The van der Waals surface area contributed by atoms with Crippen LogP contribution in [-0.2, 0) is 0 Å². The van der Waals surface area contributed by atoms with Gasteiger partial charge in [-0.1, -0.05) is 44.1 Å². The highest BCUT2D eigenvalue weighted by Gasteiger charge is 1.87. The van der Waals surface area contributed by atoms with Gasteiger partial charge in [-0.3, -0.25) is 0 Å². The summed E-state index contributed by atoms with van der Waals surface area (Å²) < 4.78 is 7.23. The first-order valence-corrected chi connectivity index (χ1v) is 4.27. The van der Waals surface area contributed by atoms with Crippen molar-refractivity contribution >= 4 is 0 Å². The molecule has 0 aromatic rings. The van der Waals surface area contributed by atoms with Gasteiger partial charge in [0, 0.05) is 12.8 Å². The fourth-order valence-electron chi connectivity index (χ4n) is 0.933. The number of hydrogen-bond acceptors (Lipinski definition) is 1. The Kier molecular flexibility index (Phi) is 7.12. The third kappa shape index (κ3) is 9.31. The van der Waals surface area contributed by atoms with Gasteiger partial charge in [0.05, 0.1) is 0 Å². The van der Waals surface area contributed by atoms with Gasteiger partial charge in [0.25, 0.3) is 0 Å². The van der Waals surface area contributed by atoms with Crippen LogP contribution in [0.4, 0.5) is 0 Å². The van der Waals surface area contributed by atoms with Crippen LogP contribution in [0.25, 0.3) is 10.4 Å². The van der Waals surface area contributed by atoms with E-state index in [4.69, 9.17) is 6.90 Å². The van der Waals surface area contributed by atoms with Crippen molar-refractivity contribution < 1.29 is 1.37 Å². The van der Waals surface area contributed by atoms with Gasteiger partial charge in [0.2, 0.25) is 0 Å². The number of hydrogen-bond donors (Lipinski definition) is 0. The molecule has 0 fully saturated rings. The van der Waals surface area contributed by atoms with Crippen molar-refractivity contribution in [2.75, 3.05) is 6.52 Å². The van der Waals surface area contributed by atoms with Crippen LogP contribution in [0.15, 0.2) is 5.11 Å². The van der Waals surface area contributed by atoms with E-state index < -0.39 is 6.52 Å². The highest BCUT2D eigenvalue weighted by molar-refractivity contribution is 4.48. The average molecular weight is 156 g/mol. The topological polar surface area (TPSA) is 48.8 Å². The van der Waals surface area contributed by atoms with Gasteiger partial charge >= 0.3 is 0 Å². The van der Waals surface area contributed by atoms with E-state index in [1.165, 1.54) is 19.3 Å². The maximum absolute atomic E-state index is 8.02. The Morgan fingerprint density at radius 3 is 2.55 bits per heavy atom. The molecule has 0 heterocycles. The molecular formula is C8H17N3. The summed E-state index contributed by atoms with van der Waals surface area (Å²) in [5.74, 6) is 0. The van der Waals surface area contributed by atoms with Gasteiger partial charge in [0.15, 0.2) is 0 Å². The molecule has 0 amide bonds. The van der Waals surface area contributed by atoms with Crippen molar-refractivity contribution in [3.63, 3.8) is 0 Å². The average Bonchev–Trinajstić information content (AvgIpc) is 2.05. The molecule has 0 bridgehead atoms. The number of rotatable bonds is 7. The SMILES string of the molecule is [2H]C(CCCCCCC)N=[N+]=[N-]. The van der Waals surface area contributed by atoms with Crippen LogP contribution in [0.5, 0.6) is 0 Å². The van der Waals surface area contributed by atoms with Crippen LogP contribution in [0, 0.1) is 0 Å². The molecule has 0 radical (unpaired) electrons. The van der Waals surface area contributed by atoms with Gasteiger partial charge in [-0.25, -0.2) is 0 Å². The quantitative estimate of drug-likeness (QED) is 0.234. The van der Waals surface area contributed by atoms with E-state index in [-0.39, 0.29) is 0 Å². The predicted molar refractivity (Wildman–Crippen MR) is 47.4 cm³/mol. The molecule has 0 aromatic carbocycles. The maximum Gasteiger partial charge on any atom is 0.0324 e. The highest BCUT2D eigenvalue weighted by atomic mass is 15.1. The summed E-state index contributed by atoms with van der Waals surface area (Å²) in [6.07, 6.45) is 6.61. The fourth-order valence-corrected chi connectivity index (χ4v) is 0.933. The Morgan fingerprint density at radius 2 is 1.91 bits per heavy atom. The number of azide groups is 1. The molecule has 3 nitrogen and oxygen atoms in total. The fraction of sp³-hybridized carbons (Fsp3) is 1.00. The minimum Gasteiger partial charge on any atom is -0.0940 e. The molecule has 0 aliphatic rings. The molecule has 64 valence electrons. The molecule has 11 heavy (non-hydrogen) atoms. The monoisotopic (exact) mass is 156 g/mol. The van der Waals surface area contributed by atoms with Crippen molar-refractivity contribution in [1.82, 2.24) is 0 Å². The Morgan fingerprint density at radius 1 is 1.27 bits per heavy atom. The molecule has 0 saturated carbocycles. The minimum absolute atomic E-state index is 0.573. The molecule has 0 aliphatic carbocycles. The second-order valence-electron chi connectivity index (χ2n) is 2.59. The lowest BCUT2D eigenvalue weighted by atomic mass is 10.1. The maximum atomic E-state index is 8.02. The lowest BCUT2D eigenvalue weighted by molar-refractivity contribution is 0.611. The lowest BCUT2D eigenvalue weighted by Gasteiger charge is -1.96. The summed E-state index contributed by atoms with van der Waals surface area (Å²) in [4.78, 5) is 2.59. The summed E-state index contributed by atoms with van der Waals surface area (Å²) >= 11 is 0. The smallest absolute Gasteiger partial charge is 0.0324 e. The van der Waals surface area contributed by atoms with E-state index in [2.05, 4.69) is 16.9 Å². The van der Waals surface area contributed by atoms with Gasteiger partial charge in [0.1, 0.15) is 0 Å². The van der Waals surface area contributed by atoms with Crippen molar-refractivity contribution in [2.24, 2.45) is 5.11 Å². The van der Waals surface area contributed by atoms with Crippen molar-refractivity contribution in [1.29, 1.82) is 0 Å². The lowest BCUT2D eigenvalue weighted by Crippen LogP contribution is -1.81. The van der Waals surface area contributed by atoms with Crippen molar-refractivity contribution in [3.8, 4) is 0 Å². The summed E-state index contributed by atoms with van der Waals surface area (Å²) in [6, 6.07) is 0. The van der Waals surface area contributed by atoms with Gasteiger partial charge in [-0.15, -0.1) is 0 Å². The van der Waals surface area contributed by atoms with Crippen LogP contribution in [0.3, 0.4) is 0 Å². The summed E-state index contributed by atoms with van der Waals surface area (Å²) in [5.41, 5.74) is 8.02. The van der Waals surface area contributed by atoms with Crippen LogP contribution >= 0.6 is 0 Å². The largest absolute Gasteiger partial charge is 0.0940 e. The van der Waals surface area contributed by atoms with Crippen LogP contribution in [0.2, 0.25) is 0 Å². The molecule has 0 saturated heterocycles. The minimum atomic E-state index is -0.573. The molecule has 0 aromatic heterocycles. The van der Waals surface area contributed by atoms with E-state index >= 15 is 0 Å². The van der Waals surface area contributed by atoms with Crippen LogP contribution in [-0.4, -0.2) is 6.52 Å². The second-order valence-corrected chi connectivity index (χ2v) is 2.59. The van der Waals surface area contributed by atoms with Gasteiger partial charge in [-0.05, 0) is 12.0 Å². The van der Waals surface area contributed by atoms with Crippen molar-refractivity contribution in [3.05, 3.63) is 10.4 Å². The molecule has 0 spiro atoms. The van der Waals surface area contributed by atoms with E-state index in [1.54, 1.807) is 0 Å². The molecule has 0 N–H and O–H groups in total. The first-order chi connectivity index (χ1) is 5.81. The number of nitrogens with zero attached hydrogens (tertiary/aromatic N) is 3. The normalized spacial score (nSPS) is 13.4. The Bertz CT molecular complexity index is 143. The molecule has 0 aliphatic heterocycles. The summed E-state index contributed by atoms with van der Waals surface area (Å²) in [5, 5.41) is 3.29. The molecule has 1 atom stereocenters. The molecule has 1 unspecified atom stereocenters. The van der Waals surface area contributed by atoms with Crippen molar-refractivity contribution in [2.45, 2.75) is 45.4 Å². The van der Waals surface area contributed by atoms with Gasteiger partial charge in [-0.2, -0.15) is 0 Å². The first-order valence-electron chi connectivity index (χ1n) is 4.85. The summed E-state index contributed by atoms with van der Waals surface area (Å²) in [6.45, 7) is 1.60. The molecular weight excluding hydrogens is 138 g/mol. The predicted octanol–water partition coefficient (Wildman–Crippen LogP) is 3.66. The highest BCUT2D eigenvalue weighted by Crippen LogP contribution is 2.04. The first kappa shape index (κ1) is 8.41. The zero-order valence-electron chi connectivity index (χ0n) is 8.16. The standard InChI is InChI=1S/C8H17N3/c1-2-3-4-5-6-7-8-10-11-9/h2-8H2,1H3/i8D. The molecule has 3 heteroatoms. The Balaban J connectivity index is 3.13. The van der Waals surface area contributed by atoms with E-state index in [0.29, 0.717) is 6.42 Å². The van der Waals surface area contributed by atoms with Crippen LogP contribution in [0.1, 0.15) is 46.8 Å². The third-order valence-electron chi connectivity index (χ3n) is 1.57. The van der Waals surface area contributed by atoms with Gasteiger partial charge < -0.3 is 0 Å². The van der Waals surface area contributed by atoms with Crippen LogP contribution < -0.4 is 0 Å². The van der Waals surface area contributed by atoms with E-state index in [1.807, 2.05) is 0 Å². The third-order valence-corrected chi connectivity index (χ3v) is 1.57. The van der Waals surface area contributed by atoms with E-state index in [0.717, 1.165) is 12.8 Å². The zero-order valence-corrected chi connectivity index (χ0v) is 7.16. The number of unbranched alkanes of at least 4 members (excludes halogenated alkanes) is 4.